The summed E-state index contributed by atoms with van der Waals surface area (Å²) in [5.74, 6) is -2.07. The van der Waals surface area contributed by atoms with Gasteiger partial charge in [-0.05, 0) is 31.0 Å². The van der Waals surface area contributed by atoms with Crippen molar-refractivity contribution < 1.29 is 22.8 Å². The second-order valence-electron chi connectivity index (χ2n) is 6.36. The predicted molar refractivity (Wildman–Crippen MR) is 95.4 cm³/mol. The minimum absolute atomic E-state index is 0.0244. The second-order valence-corrected chi connectivity index (χ2v) is 8.99. The van der Waals surface area contributed by atoms with E-state index >= 15 is 0 Å². The van der Waals surface area contributed by atoms with Gasteiger partial charge in [-0.2, -0.15) is 0 Å². The molecular formula is C16H18ClN3O5S. The summed E-state index contributed by atoms with van der Waals surface area (Å²) in [5.41, 5.74) is 5.21. The smallest absolute Gasteiger partial charge is 0.269 e. The summed E-state index contributed by atoms with van der Waals surface area (Å²) in [5, 5.41) is 0.358. The topological polar surface area (TPSA) is 113 Å². The van der Waals surface area contributed by atoms with E-state index < -0.39 is 27.6 Å². The lowest BCUT2D eigenvalue weighted by Gasteiger charge is -2.18. The van der Waals surface area contributed by atoms with Gasteiger partial charge in [0.1, 0.15) is 0 Å². The average Bonchev–Trinajstić information content (AvgIpc) is 3.18. The molecule has 1 atom stereocenters. The van der Waals surface area contributed by atoms with Gasteiger partial charge < -0.3 is 4.90 Å². The lowest BCUT2D eigenvalue weighted by Crippen LogP contribution is -2.44. The molecule has 0 saturated carbocycles. The molecule has 0 bridgehead atoms. The molecule has 0 aliphatic carbocycles. The SMILES string of the molecule is O=C(NNC(=O)[C@@H]1CCS(=O)(=O)C1)c1ccc(Cl)c(N2CCCC2=O)c1. The minimum atomic E-state index is -3.18. The third kappa shape index (κ3) is 3.99. The number of hydrogen-bond donors (Lipinski definition) is 2. The normalized spacial score (nSPS) is 21.7. The Bertz CT molecular complexity index is 871. The molecule has 3 amide bonds. The lowest BCUT2D eigenvalue weighted by atomic mass is 10.1. The van der Waals surface area contributed by atoms with Gasteiger partial charge in [0.05, 0.1) is 28.1 Å². The second kappa shape index (κ2) is 7.24. The van der Waals surface area contributed by atoms with Crippen molar-refractivity contribution in [2.75, 3.05) is 23.0 Å². The van der Waals surface area contributed by atoms with Crippen LogP contribution in [0.15, 0.2) is 18.2 Å². The number of hydrogen-bond acceptors (Lipinski definition) is 5. The molecule has 2 saturated heterocycles. The minimum Gasteiger partial charge on any atom is -0.311 e. The number of hydrazine groups is 1. The van der Waals surface area contributed by atoms with Crippen LogP contribution in [0.25, 0.3) is 0 Å². The standard InChI is InChI=1S/C16H18ClN3O5S/c17-12-4-3-10(8-13(12)20-6-1-2-14(20)21)15(22)18-19-16(23)11-5-7-26(24,25)9-11/h3-4,8,11H,1-2,5-7,9H2,(H,18,22)(H,19,23)/t11-/m1/s1. The molecule has 3 rings (SSSR count). The first-order valence-corrected chi connectivity index (χ1v) is 10.4. The van der Waals surface area contributed by atoms with Crippen LogP contribution < -0.4 is 15.8 Å². The average molecular weight is 400 g/mol. The van der Waals surface area contributed by atoms with Crippen molar-refractivity contribution in [1.82, 2.24) is 10.9 Å². The van der Waals surface area contributed by atoms with Crippen LogP contribution in [-0.2, 0) is 19.4 Å². The summed E-state index contributed by atoms with van der Waals surface area (Å²) in [6.45, 7) is 0.538. The van der Waals surface area contributed by atoms with Gasteiger partial charge in [-0.25, -0.2) is 8.42 Å². The molecule has 26 heavy (non-hydrogen) atoms. The summed E-state index contributed by atoms with van der Waals surface area (Å²) in [6.07, 6.45) is 1.41. The zero-order valence-electron chi connectivity index (χ0n) is 13.8. The highest BCUT2D eigenvalue weighted by Crippen LogP contribution is 2.30. The van der Waals surface area contributed by atoms with Gasteiger partial charge >= 0.3 is 0 Å². The molecule has 0 unspecified atom stereocenters. The highest BCUT2D eigenvalue weighted by atomic mass is 35.5. The number of anilines is 1. The Morgan fingerprint density at radius 1 is 1.23 bits per heavy atom. The molecule has 140 valence electrons. The number of benzene rings is 1. The van der Waals surface area contributed by atoms with Gasteiger partial charge in [0.25, 0.3) is 5.91 Å². The van der Waals surface area contributed by atoms with Crippen LogP contribution in [0, 0.1) is 5.92 Å². The molecule has 2 heterocycles. The third-order valence-corrected chi connectivity index (χ3v) is 6.56. The molecule has 10 heteroatoms. The molecule has 2 fully saturated rings. The fourth-order valence-corrected chi connectivity index (χ4v) is 5.02. The fourth-order valence-electron chi connectivity index (χ4n) is 3.06. The van der Waals surface area contributed by atoms with Crippen LogP contribution >= 0.6 is 11.6 Å². The van der Waals surface area contributed by atoms with Crippen LogP contribution in [0.1, 0.15) is 29.6 Å². The van der Waals surface area contributed by atoms with Crippen molar-refractivity contribution in [3.8, 4) is 0 Å². The van der Waals surface area contributed by atoms with E-state index in [-0.39, 0.29) is 29.4 Å². The molecular weight excluding hydrogens is 382 g/mol. The Balaban J connectivity index is 1.65. The van der Waals surface area contributed by atoms with E-state index in [0.717, 1.165) is 6.42 Å². The van der Waals surface area contributed by atoms with Crippen LogP contribution in [0.2, 0.25) is 5.02 Å². The Morgan fingerprint density at radius 2 is 2.00 bits per heavy atom. The number of carbonyl (C=O) groups excluding carboxylic acids is 3. The molecule has 1 aromatic carbocycles. The Labute approximate surface area is 155 Å². The highest BCUT2D eigenvalue weighted by Gasteiger charge is 2.33. The van der Waals surface area contributed by atoms with Gasteiger partial charge in [-0.1, -0.05) is 11.6 Å². The fraction of sp³-hybridized carbons (Fsp3) is 0.438. The number of halogens is 1. The molecule has 0 aromatic heterocycles. The van der Waals surface area contributed by atoms with E-state index in [1.54, 1.807) is 0 Å². The molecule has 2 aliphatic rings. The van der Waals surface area contributed by atoms with Crippen molar-refractivity contribution >= 4 is 44.8 Å². The van der Waals surface area contributed by atoms with Crippen LogP contribution in [0.4, 0.5) is 5.69 Å². The van der Waals surface area contributed by atoms with E-state index in [1.165, 1.54) is 23.1 Å². The molecule has 2 N–H and O–H groups in total. The Kier molecular flexibility index (Phi) is 5.19. The number of amides is 3. The molecule has 0 spiro atoms. The van der Waals surface area contributed by atoms with Gasteiger partial charge in [0.2, 0.25) is 11.8 Å². The first kappa shape index (κ1) is 18.7. The maximum atomic E-state index is 12.3. The molecule has 0 radical (unpaired) electrons. The summed E-state index contributed by atoms with van der Waals surface area (Å²) >= 11 is 6.13. The number of sulfone groups is 1. The quantitative estimate of drug-likeness (QED) is 0.725. The monoisotopic (exact) mass is 399 g/mol. The van der Waals surface area contributed by atoms with Crippen molar-refractivity contribution in [2.24, 2.45) is 5.92 Å². The van der Waals surface area contributed by atoms with Crippen molar-refractivity contribution in [3.05, 3.63) is 28.8 Å². The summed E-state index contributed by atoms with van der Waals surface area (Å²) in [6, 6.07) is 4.49. The maximum Gasteiger partial charge on any atom is 0.269 e. The molecule has 1 aromatic rings. The molecule has 8 nitrogen and oxygen atoms in total. The summed E-state index contributed by atoms with van der Waals surface area (Å²) in [4.78, 5) is 37.7. The van der Waals surface area contributed by atoms with Gasteiger partial charge in [0, 0.05) is 18.5 Å². The van der Waals surface area contributed by atoms with Gasteiger partial charge in [-0.15, -0.1) is 0 Å². The third-order valence-electron chi connectivity index (χ3n) is 4.47. The summed E-state index contributed by atoms with van der Waals surface area (Å²) in [7, 11) is -3.18. The maximum absolute atomic E-state index is 12.3. The van der Waals surface area contributed by atoms with E-state index in [0.29, 0.717) is 23.7 Å². The zero-order valence-corrected chi connectivity index (χ0v) is 15.4. The van der Waals surface area contributed by atoms with E-state index in [2.05, 4.69) is 10.9 Å². The Morgan fingerprint density at radius 3 is 2.62 bits per heavy atom. The van der Waals surface area contributed by atoms with Gasteiger partial charge in [0.15, 0.2) is 9.84 Å². The number of nitrogens with one attached hydrogen (secondary N) is 2. The van der Waals surface area contributed by atoms with Crippen LogP contribution in [-0.4, -0.2) is 44.2 Å². The van der Waals surface area contributed by atoms with Crippen molar-refractivity contribution in [3.63, 3.8) is 0 Å². The first-order valence-electron chi connectivity index (χ1n) is 8.17. The highest BCUT2D eigenvalue weighted by molar-refractivity contribution is 7.91. The largest absolute Gasteiger partial charge is 0.311 e. The van der Waals surface area contributed by atoms with Gasteiger partial charge in [-0.3, -0.25) is 25.2 Å². The zero-order chi connectivity index (χ0) is 18.9. The Hall–Kier alpha value is -2.13. The van der Waals surface area contributed by atoms with Crippen LogP contribution in [0.5, 0.6) is 0 Å². The predicted octanol–water partition coefficient (Wildman–Crippen LogP) is 0.663. The lowest BCUT2D eigenvalue weighted by molar-refractivity contribution is -0.125. The number of carbonyl (C=O) groups is 3. The number of nitrogens with zero attached hydrogens (tertiary/aromatic N) is 1. The summed E-state index contributed by atoms with van der Waals surface area (Å²) < 4.78 is 22.8. The van der Waals surface area contributed by atoms with Crippen molar-refractivity contribution in [1.29, 1.82) is 0 Å². The van der Waals surface area contributed by atoms with E-state index in [1.807, 2.05) is 0 Å². The van der Waals surface area contributed by atoms with Crippen molar-refractivity contribution in [2.45, 2.75) is 19.3 Å². The number of rotatable bonds is 3. The molecule has 2 aliphatic heterocycles. The van der Waals surface area contributed by atoms with Crippen LogP contribution in [0.3, 0.4) is 0 Å². The first-order chi connectivity index (χ1) is 12.3. The van der Waals surface area contributed by atoms with E-state index in [4.69, 9.17) is 11.6 Å². The van der Waals surface area contributed by atoms with E-state index in [9.17, 15) is 22.8 Å².